The molecule has 5 heteroatoms. The molecule has 0 aliphatic rings. The van der Waals surface area contributed by atoms with Gasteiger partial charge >= 0.3 is 0 Å². The van der Waals surface area contributed by atoms with Gasteiger partial charge in [-0.2, -0.15) is 0 Å². The first kappa shape index (κ1) is 16.9. The molecule has 3 aromatic rings. The van der Waals surface area contributed by atoms with Crippen LogP contribution < -0.4 is 11.3 Å². The van der Waals surface area contributed by atoms with Crippen LogP contribution in [0.1, 0.15) is 19.5 Å². The number of aromatic nitrogens is 2. The number of nitrogens with two attached hydrogens (primary N) is 1. The predicted octanol–water partition coefficient (Wildman–Crippen LogP) is 3.94. The highest BCUT2D eigenvalue weighted by Gasteiger charge is 2.18. The number of pyridine rings is 2. The van der Waals surface area contributed by atoms with Crippen LogP contribution in [0, 0.1) is 5.92 Å². The molecule has 0 spiro atoms. The molecule has 3 rings (SSSR count). The van der Waals surface area contributed by atoms with Crippen molar-refractivity contribution in [1.29, 1.82) is 0 Å². The van der Waals surface area contributed by atoms with E-state index in [4.69, 9.17) is 5.73 Å². The molecule has 0 aliphatic carbocycles. The van der Waals surface area contributed by atoms with Crippen LogP contribution >= 0.6 is 15.9 Å². The highest BCUT2D eigenvalue weighted by atomic mass is 79.9. The molecule has 0 atom stereocenters. The van der Waals surface area contributed by atoms with Crippen molar-refractivity contribution in [3.63, 3.8) is 0 Å². The molecule has 1 aromatic carbocycles. The van der Waals surface area contributed by atoms with Crippen LogP contribution in [-0.2, 0) is 13.1 Å². The molecule has 2 aromatic heterocycles. The molecule has 0 saturated carbocycles. The van der Waals surface area contributed by atoms with Gasteiger partial charge in [0.1, 0.15) is 5.52 Å². The lowest BCUT2D eigenvalue weighted by Crippen LogP contribution is -2.28. The minimum absolute atomic E-state index is 0.0775. The third-order valence-electron chi connectivity index (χ3n) is 3.99. The Morgan fingerprint density at radius 1 is 1.25 bits per heavy atom. The second-order valence-corrected chi connectivity index (χ2v) is 7.17. The molecule has 0 fully saturated rings. The van der Waals surface area contributed by atoms with Gasteiger partial charge in [0.05, 0.1) is 0 Å². The van der Waals surface area contributed by atoms with Gasteiger partial charge in [0.15, 0.2) is 0 Å². The van der Waals surface area contributed by atoms with Crippen molar-refractivity contribution in [1.82, 2.24) is 9.55 Å². The van der Waals surface area contributed by atoms with Crippen molar-refractivity contribution in [2.75, 3.05) is 0 Å². The molecule has 0 amide bonds. The lowest BCUT2D eigenvalue weighted by Gasteiger charge is -2.20. The van der Waals surface area contributed by atoms with Crippen LogP contribution in [0.5, 0.6) is 0 Å². The van der Waals surface area contributed by atoms with Crippen molar-refractivity contribution < 1.29 is 0 Å². The van der Waals surface area contributed by atoms with Gasteiger partial charge in [0.25, 0.3) is 5.56 Å². The second kappa shape index (κ2) is 6.87. The van der Waals surface area contributed by atoms with Crippen molar-refractivity contribution >= 4 is 26.8 Å². The summed E-state index contributed by atoms with van der Waals surface area (Å²) in [5.41, 5.74) is 9.36. The summed E-state index contributed by atoms with van der Waals surface area (Å²) < 4.78 is 2.63. The average Bonchev–Trinajstić information content (AvgIpc) is 2.57. The third-order valence-corrected chi connectivity index (χ3v) is 4.42. The quantitative estimate of drug-likeness (QED) is 0.739. The van der Waals surface area contributed by atoms with Crippen LogP contribution in [0.2, 0.25) is 0 Å². The van der Waals surface area contributed by atoms with E-state index in [1.165, 1.54) is 0 Å². The lowest BCUT2D eigenvalue weighted by atomic mass is 9.98. The standard InChI is InChI=1S/C19H20BrN3O/c1-12(2)11-23-16(9-21)17(13-6-4-3-5-7-13)15-8-14(20)10-22-18(15)19(23)24/h3-8,10,12H,9,11,21H2,1-2H3. The van der Waals surface area contributed by atoms with E-state index in [9.17, 15) is 4.79 Å². The monoisotopic (exact) mass is 385 g/mol. The Kier molecular flexibility index (Phi) is 4.83. The Balaban J connectivity index is 2.48. The van der Waals surface area contributed by atoms with Crippen molar-refractivity contribution in [3.8, 4) is 11.1 Å². The second-order valence-electron chi connectivity index (χ2n) is 6.25. The fraction of sp³-hybridized carbons (Fsp3) is 0.263. The van der Waals surface area contributed by atoms with E-state index in [2.05, 4.69) is 34.8 Å². The summed E-state index contributed by atoms with van der Waals surface area (Å²) in [5.74, 6) is 0.338. The van der Waals surface area contributed by atoms with Crippen molar-refractivity contribution in [2.45, 2.75) is 26.9 Å². The molecule has 0 saturated heterocycles. The lowest BCUT2D eigenvalue weighted by molar-refractivity contribution is 0.499. The smallest absolute Gasteiger partial charge is 0.277 e. The van der Waals surface area contributed by atoms with Crippen LogP contribution in [0.15, 0.2) is 51.9 Å². The number of halogens is 1. The summed E-state index contributed by atoms with van der Waals surface area (Å²) in [6.07, 6.45) is 1.67. The number of fused-ring (bicyclic) bond motifs is 1. The van der Waals surface area contributed by atoms with Gasteiger partial charge in [-0.3, -0.25) is 4.79 Å². The van der Waals surface area contributed by atoms with Gasteiger partial charge < -0.3 is 10.3 Å². The zero-order valence-electron chi connectivity index (χ0n) is 13.8. The zero-order valence-corrected chi connectivity index (χ0v) is 15.4. The Morgan fingerprint density at radius 2 is 1.96 bits per heavy atom. The first-order valence-electron chi connectivity index (χ1n) is 7.99. The molecule has 0 radical (unpaired) electrons. The normalized spacial score (nSPS) is 11.4. The molecule has 4 nitrogen and oxygen atoms in total. The fourth-order valence-corrected chi connectivity index (χ4v) is 3.37. The highest BCUT2D eigenvalue weighted by Crippen LogP contribution is 2.31. The van der Waals surface area contributed by atoms with Crippen molar-refractivity contribution in [2.24, 2.45) is 11.7 Å². The van der Waals surface area contributed by atoms with Gasteiger partial charge in [-0.25, -0.2) is 4.98 Å². The number of nitrogens with zero attached hydrogens (tertiary/aromatic N) is 2. The summed E-state index contributed by atoms with van der Waals surface area (Å²) in [7, 11) is 0. The van der Waals surface area contributed by atoms with E-state index in [0.717, 1.165) is 26.7 Å². The number of hydrogen-bond acceptors (Lipinski definition) is 3. The van der Waals surface area contributed by atoms with Gasteiger partial charge in [0.2, 0.25) is 0 Å². The Hall–Kier alpha value is -1.98. The van der Waals surface area contributed by atoms with E-state index in [1.54, 1.807) is 10.8 Å². The minimum atomic E-state index is -0.0775. The zero-order chi connectivity index (χ0) is 17.3. The van der Waals surface area contributed by atoms with Crippen LogP contribution in [0.4, 0.5) is 0 Å². The van der Waals surface area contributed by atoms with Gasteiger partial charge in [0, 0.05) is 40.4 Å². The minimum Gasteiger partial charge on any atom is -0.325 e. The number of rotatable bonds is 4. The Morgan fingerprint density at radius 3 is 2.58 bits per heavy atom. The summed E-state index contributed by atoms with van der Waals surface area (Å²) in [4.78, 5) is 17.4. The Labute approximate surface area is 149 Å². The van der Waals surface area contributed by atoms with E-state index < -0.39 is 0 Å². The molecule has 24 heavy (non-hydrogen) atoms. The average molecular weight is 386 g/mol. The first-order chi connectivity index (χ1) is 11.5. The van der Waals surface area contributed by atoms with Crippen LogP contribution in [0.25, 0.3) is 22.0 Å². The predicted molar refractivity (Wildman–Crippen MR) is 102 cm³/mol. The maximum atomic E-state index is 13.0. The van der Waals surface area contributed by atoms with Crippen LogP contribution in [-0.4, -0.2) is 9.55 Å². The molecule has 0 bridgehead atoms. The summed E-state index contributed by atoms with van der Waals surface area (Å²) >= 11 is 3.47. The van der Waals surface area contributed by atoms with Crippen molar-refractivity contribution in [3.05, 3.63) is 63.1 Å². The molecule has 2 N–H and O–H groups in total. The molecule has 2 heterocycles. The van der Waals surface area contributed by atoms with E-state index in [1.807, 2.05) is 36.4 Å². The van der Waals surface area contributed by atoms with E-state index >= 15 is 0 Å². The maximum absolute atomic E-state index is 13.0. The third kappa shape index (κ3) is 3.01. The van der Waals surface area contributed by atoms with Gasteiger partial charge in [-0.05, 0) is 33.5 Å². The van der Waals surface area contributed by atoms with E-state index in [0.29, 0.717) is 24.5 Å². The topological polar surface area (TPSA) is 60.9 Å². The largest absolute Gasteiger partial charge is 0.325 e. The molecular formula is C19H20BrN3O. The summed E-state index contributed by atoms with van der Waals surface area (Å²) in [5, 5.41) is 0.834. The number of hydrogen-bond donors (Lipinski definition) is 1. The van der Waals surface area contributed by atoms with Gasteiger partial charge in [-0.15, -0.1) is 0 Å². The molecular weight excluding hydrogens is 366 g/mol. The maximum Gasteiger partial charge on any atom is 0.277 e. The molecule has 0 unspecified atom stereocenters. The summed E-state index contributed by atoms with van der Waals surface area (Å²) in [6, 6.07) is 12.0. The van der Waals surface area contributed by atoms with E-state index in [-0.39, 0.29) is 5.56 Å². The number of benzene rings is 1. The Bertz CT molecular complexity index is 933. The SMILES string of the molecule is CC(C)Cn1c(CN)c(-c2ccccc2)c2cc(Br)cnc2c1=O. The fourth-order valence-electron chi connectivity index (χ4n) is 3.04. The first-order valence-corrected chi connectivity index (χ1v) is 8.78. The molecule has 124 valence electrons. The highest BCUT2D eigenvalue weighted by molar-refractivity contribution is 9.10. The molecule has 0 aliphatic heterocycles. The van der Waals surface area contributed by atoms with Crippen LogP contribution in [0.3, 0.4) is 0 Å². The van der Waals surface area contributed by atoms with Gasteiger partial charge in [-0.1, -0.05) is 44.2 Å². The summed E-state index contributed by atoms with van der Waals surface area (Å²) in [6.45, 7) is 5.11.